The first-order valence-electron chi connectivity index (χ1n) is 21.5. The predicted molar refractivity (Wildman–Crippen MR) is 284 cm³/mol. The Morgan fingerprint density at radius 1 is 0.581 bits per heavy atom. The Morgan fingerprint density at radius 2 is 1.05 bits per heavy atom. The minimum atomic E-state index is -1.02. The molecule has 3 aromatic carbocycles. The summed E-state index contributed by atoms with van der Waals surface area (Å²) in [6.45, 7) is 5.06. The highest BCUT2D eigenvalue weighted by Gasteiger charge is 2.42. The smallest absolute Gasteiger partial charge is 0.277 e. The molecule has 24 heteroatoms. The molecule has 8 N–H and O–H groups in total. The van der Waals surface area contributed by atoms with Crippen LogP contribution in [0.4, 0.5) is 17.3 Å². The maximum Gasteiger partial charge on any atom is 0.277 e. The molecule has 0 spiro atoms. The third-order valence-corrected chi connectivity index (χ3v) is 12.2. The molecule has 19 nitrogen and oxygen atoms in total. The number of hydrogen-bond acceptors (Lipinski definition) is 13. The van der Waals surface area contributed by atoms with Gasteiger partial charge in [-0.1, -0.05) is 82.3 Å². The Bertz CT molecular complexity index is 3530. The number of nitrogens with zero attached hydrogens (tertiary/aromatic N) is 6. The molecule has 0 radical (unpaired) electrons. The van der Waals surface area contributed by atoms with E-state index in [1.54, 1.807) is 129 Å². The number of Topliss-reactive ketones (excluding diaryl/α,β-unsaturated/α-hetero) is 1. The van der Waals surface area contributed by atoms with Crippen LogP contribution in [0.2, 0.25) is 25.1 Å². The van der Waals surface area contributed by atoms with E-state index in [-0.39, 0.29) is 44.6 Å². The molecule has 378 valence electrons. The van der Waals surface area contributed by atoms with Crippen molar-refractivity contribution >= 4 is 98.8 Å². The van der Waals surface area contributed by atoms with Gasteiger partial charge in [0, 0.05) is 33.0 Å². The lowest BCUT2D eigenvalue weighted by atomic mass is 10.0. The van der Waals surface area contributed by atoms with Crippen molar-refractivity contribution in [2.24, 2.45) is 5.73 Å². The molecular weight excluding hydrogens is 1060 g/mol. The quantitative estimate of drug-likeness (QED) is 0.0866. The second-order valence-corrected chi connectivity index (χ2v) is 18.0. The molecule has 5 aromatic heterocycles. The van der Waals surface area contributed by atoms with E-state index in [9.17, 15) is 33.6 Å². The number of aromatic nitrogens is 7. The number of hydrogen-bond donors (Lipinski definition) is 6. The second kappa shape index (κ2) is 24.0. The van der Waals surface area contributed by atoms with E-state index in [0.29, 0.717) is 43.6 Å². The number of pyridine rings is 3. The fraction of sp³-hybridized carbons (Fsp3) is 0.100. The third-order valence-electron chi connectivity index (χ3n) is 10.8. The van der Waals surface area contributed by atoms with Gasteiger partial charge in [-0.15, -0.1) is 0 Å². The zero-order chi connectivity index (χ0) is 53.9. The number of benzene rings is 3. The molecule has 0 fully saturated rings. The van der Waals surface area contributed by atoms with Crippen LogP contribution < -0.4 is 44.1 Å². The molecule has 0 aliphatic carbocycles. The molecule has 10 rings (SSSR count). The lowest BCUT2D eigenvalue weighted by molar-refractivity contribution is 0.0932. The number of nitrogens with two attached hydrogens (primary N) is 2. The summed E-state index contributed by atoms with van der Waals surface area (Å²) in [7, 11) is 0. The lowest BCUT2D eigenvalue weighted by Gasteiger charge is -2.28. The molecule has 0 saturated carbocycles. The van der Waals surface area contributed by atoms with E-state index >= 15 is 0 Å². The highest BCUT2D eigenvalue weighted by molar-refractivity contribution is 6.31. The lowest BCUT2D eigenvalue weighted by Crippen LogP contribution is -2.45. The van der Waals surface area contributed by atoms with Crippen LogP contribution in [-0.4, -0.2) is 57.6 Å². The van der Waals surface area contributed by atoms with Crippen molar-refractivity contribution in [1.82, 2.24) is 44.7 Å². The van der Waals surface area contributed by atoms with Crippen molar-refractivity contribution in [3.63, 3.8) is 0 Å². The van der Waals surface area contributed by atoms with Crippen molar-refractivity contribution in [3.8, 4) is 0 Å². The van der Waals surface area contributed by atoms with Crippen molar-refractivity contribution in [3.05, 3.63) is 236 Å². The van der Waals surface area contributed by atoms with Gasteiger partial charge in [0.25, 0.3) is 34.4 Å². The number of amides is 3. The number of halogens is 5. The van der Waals surface area contributed by atoms with Gasteiger partial charge in [0.15, 0.2) is 5.78 Å². The Morgan fingerprint density at radius 3 is 1.49 bits per heavy atom. The molecule has 2 aliphatic heterocycles. The van der Waals surface area contributed by atoms with Gasteiger partial charge in [0.05, 0.1) is 0 Å². The van der Waals surface area contributed by atoms with Crippen LogP contribution >= 0.6 is 58.0 Å². The summed E-state index contributed by atoms with van der Waals surface area (Å²) in [5.41, 5.74) is 9.99. The third kappa shape index (κ3) is 13.1. The van der Waals surface area contributed by atoms with Gasteiger partial charge < -0.3 is 32.4 Å². The van der Waals surface area contributed by atoms with E-state index in [4.69, 9.17) is 69.5 Å². The summed E-state index contributed by atoms with van der Waals surface area (Å²) < 4.78 is 2.82. The number of carbonyl (C=O) groups excluding carboxylic acids is 4. The topological polar surface area (TPSA) is 285 Å². The van der Waals surface area contributed by atoms with E-state index in [2.05, 4.69) is 40.9 Å². The number of ketones is 1. The number of primary amides is 1. The molecule has 2 unspecified atom stereocenters. The van der Waals surface area contributed by atoms with Crippen LogP contribution in [-0.2, 0) is 11.3 Å². The largest absolute Gasteiger partial charge is 0.384 e. The molecule has 0 bridgehead atoms. The summed E-state index contributed by atoms with van der Waals surface area (Å²) in [5, 5.41) is 10.6. The van der Waals surface area contributed by atoms with Gasteiger partial charge in [-0.05, 0) is 129 Å². The fourth-order valence-corrected chi connectivity index (χ4v) is 7.75. The van der Waals surface area contributed by atoms with E-state index in [1.807, 2.05) is 0 Å². The van der Waals surface area contributed by atoms with Crippen LogP contribution in [0.3, 0.4) is 0 Å². The Hall–Kier alpha value is -8.20. The van der Waals surface area contributed by atoms with Gasteiger partial charge in [-0.3, -0.25) is 42.7 Å². The number of nitrogens with one attached hydrogen (secondary N) is 4. The number of anilines is 3. The van der Waals surface area contributed by atoms with Crippen molar-refractivity contribution in [2.45, 2.75) is 32.1 Å². The number of fused-ring (bicyclic) bond motifs is 2. The van der Waals surface area contributed by atoms with Crippen LogP contribution in [0.25, 0.3) is 0 Å². The van der Waals surface area contributed by atoms with Crippen molar-refractivity contribution in [1.29, 1.82) is 0 Å². The first kappa shape index (κ1) is 55.1. The van der Waals surface area contributed by atoms with E-state index in [1.165, 1.54) is 46.9 Å². The summed E-state index contributed by atoms with van der Waals surface area (Å²) in [4.78, 5) is 99.2. The molecular formula is C50H41Cl5N12O7. The standard InChI is InChI=1S/C18H14ClN5O2.C14H10Cl2N2O2.C8H7ClO.C6H5ClN2O2.C4H5N3/c1-18(11-2-4-12(19)5-3-11)23-16(25)14-7-6-13(17(26)24(14)18)22-15-8-9-20-10-21-15;1-14(8-2-4-9(15)5-3-8)17-12(19)11-7-6-10(16)13(20)18(11)14;1-6(10)7-2-4-8(9)5-3-7;7-3-1-2-4(5(8)10)9-6(3)11;5-4-1-2-6-3-7-4/h2-10H,1H3,(H,23,25)(H,20,21,22);2-7H,1H3,(H,17,19);2-5H,1H3;1-2H,(H2,8,10)(H,9,11);1-3H,(H2,5,6,7). The minimum absolute atomic E-state index is 0.0370. The van der Waals surface area contributed by atoms with Crippen molar-refractivity contribution in [2.75, 3.05) is 11.1 Å². The average molecular weight is 1100 g/mol. The van der Waals surface area contributed by atoms with Gasteiger partial charge in [0.1, 0.15) is 68.4 Å². The van der Waals surface area contributed by atoms with Crippen LogP contribution in [0.15, 0.2) is 161 Å². The summed E-state index contributed by atoms with van der Waals surface area (Å²) in [5.74, 6) is -0.238. The molecule has 2 aliphatic rings. The zero-order valence-corrected chi connectivity index (χ0v) is 42.7. The Kier molecular flexibility index (Phi) is 17.9. The molecule has 7 heterocycles. The van der Waals surface area contributed by atoms with E-state index < -0.39 is 28.4 Å². The first-order valence-corrected chi connectivity index (χ1v) is 23.4. The SMILES string of the molecule is CC(=O)c1ccc(Cl)cc1.CC1(c2ccc(Cl)cc2)NC(=O)c2ccc(Cl)c(=O)n21.CC1(c2ccc(Cl)cc2)NC(=O)c2ccc(Nc3ccncn3)c(=O)n21.NC(=O)c1ccc(Cl)c(=O)[nH]1.Nc1ccncn1. The van der Waals surface area contributed by atoms with E-state index in [0.717, 1.165) is 11.1 Å². The fourth-order valence-electron chi connectivity index (χ4n) is 7.11. The predicted octanol–water partition coefficient (Wildman–Crippen LogP) is 7.85. The number of H-pyrrole nitrogens is 1. The Balaban J connectivity index is 0.000000163. The Labute approximate surface area is 445 Å². The normalized spacial score (nSPS) is 15.5. The second-order valence-electron chi connectivity index (χ2n) is 15.9. The van der Waals surface area contributed by atoms with Gasteiger partial charge >= 0.3 is 0 Å². The molecule has 74 heavy (non-hydrogen) atoms. The van der Waals surface area contributed by atoms with Gasteiger partial charge in [-0.2, -0.15) is 0 Å². The maximum absolute atomic E-state index is 13.1. The average Bonchev–Trinajstić information content (AvgIpc) is 3.81. The maximum atomic E-state index is 13.1. The number of nitrogen functional groups attached to an aromatic ring is 1. The van der Waals surface area contributed by atoms with Crippen molar-refractivity contribution < 1.29 is 19.2 Å². The molecule has 0 saturated heterocycles. The van der Waals surface area contributed by atoms with Gasteiger partial charge in [-0.25, -0.2) is 19.9 Å². The number of carbonyl (C=O) groups is 4. The number of aromatic amines is 1. The highest BCUT2D eigenvalue weighted by atomic mass is 35.5. The molecule has 3 amide bonds. The van der Waals surface area contributed by atoms with Crippen LogP contribution in [0, 0.1) is 0 Å². The first-order chi connectivity index (χ1) is 35.1. The zero-order valence-electron chi connectivity index (χ0n) is 38.9. The highest BCUT2D eigenvalue weighted by Crippen LogP contribution is 2.32. The molecule has 2 atom stereocenters. The monoisotopic (exact) mass is 1100 g/mol. The summed E-state index contributed by atoms with van der Waals surface area (Å²) in [6.07, 6.45) is 5.97. The molecule has 8 aromatic rings. The summed E-state index contributed by atoms with van der Waals surface area (Å²) in [6, 6.07) is 32.9. The van der Waals surface area contributed by atoms with Crippen LogP contribution in [0.5, 0.6) is 0 Å². The summed E-state index contributed by atoms with van der Waals surface area (Å²) >= 11 is 28.7. The van der Waals surface area contributed by atoms with Crippen LogP contribution in [0.1, 0.15) is 73.7 Å². The van der Waals surface area contributed by atoms with Gasteiger partial charge in [0.2, 0.25) is 0 Å². The minimum Gasteiger partial charge on any atom is -0.384 e. The number of rotatable bonds is 6.